The zero-order valence-corrected chi connectivity index (χ0v) is 8.25. The predicted molar refractivity (Wildman–Crippen MR) is 49.2 cm³/mol. The Kier molecular flexibility index (Phi) is 2.06. The molecule has 0 spiro atoms. The van der Waals surface area contributed by atoms with E-state index in [0.29, 0.717) is 11.3 Å². The van der Waals surface area contributed by atoms with Crippen molar-refractivity contribution < 1.29 is 0 Å². The zero-order valence-electron chi connectivity index (χ0n) is 8.25. The number of tetrazole rings is 1. The third kappa shape index (κ3) is 1.87. The van der Waals surface area contributed by atoms with Gasteiger partial charge in [0.2, 0.25) is 0 Å². The molecule has 4 heteroatoms. The van der Waals surface area contributed by atoms with E-state index in [0.717, 1.165) is 5.82 Å². The topological polar surface area (TPSA) is 54.5 Å². The van der Waals surface area contributed by atoms with Crippen LogP contribution in [0.5, 0.6) is 0 Å². The van der Waals surface area contributed by atoms with Crippen LogP contribution >= 0.6 is 0 Å². The minimum Gasteiger partial charge on any atom is -0.177 e. The molecule has 0 aliphatic heterocycles. The SMILES string of the molecule is CC1(C)CCCC(c2nn[nH]n2)C1. The number of nitrogens with one attached hydrogen (secondary N) is 1. The second kappa shape index (κ2) is 3.09. The summed E-state index contributed by atoms with van der Waals surface area (Å²) in [5.41, 5.74) is 0.448. The maximum atomic E-state index is 4.06. The third-order valence-corrected chi connectivity index (χ3v) is 2.93. The van der Waals surface area contributed by atoms with Gasteiger partial charge in [-0.05, 0) is 24.7 Å². The summed E-state index contributed by atoms with van der Waals surface area (Å²) in [5.74, 6) is 1.41. The van der Waals surface area contributed by atoms with Crippen molar-refractivity contribution in [2.24, 2.45) is 5.41 Å². The van der Waals surface area contributed by atoms with Gasteiger partial charge in [-0.25, -0.2) is 0 Å². The van der Waals surface area contributed by atoms with Crippen LogP contribution in [-0.2, 0) is 0 Å². The fourth-order valence-corrected chi connectivity index (χ4v) is 2.26. The first kappa shape index (κ1) is 8.66. The van der Waals surface area contributed by atoms with E-state index in [1.165, 1.54) is 25.7 Å². The van der Waals surface area contributed by atoms with Crippen LogP contribution in [0, 0.1) is 5.41 Å². The molecule has 72 valence electrons. The van der Waals surface area contributed by atoms with Gasteiger partial charge in [0.25, 0.3) is 0 Å². The average Bonchev–Trinajstić information content (AvgIpc) is 2.53. The smallest absolute Gasteiger partial charge is 0.177 e. The Morgan fingerprint density at radius 2 is 2.31 bits per heavy atom. The zero-order chi connectivity index (χ0) is 9.31. The summed E-state index contributed by atoms with van der Waals surface area (Å²) < 4.78 is 0. The summed E-state index contributed by atoms with van der Waals surface area (Å²) in [6.07, 6.45) is 5.00. The first-order valence-electron chi connectivity index (χ1n) is 4.91. The Morgan fingerprint density at radius 3 is 2.92 bits per heavy atom. The standard InChI is InChI=1S/C9H16N4/c1-9(2)5-3-4-7(6-9)8-10-12-13-11-8/h7H,3-6H2,1-2H3,(H,10,11,12,13). The van der Waals surface area contributed by atoms with Gasteiger partial charge in [0.15, 0.2) is 5.82 Å². The summed E-state index contributed by atoms with van der Waals surface area (Å²) in [6, 6.07) is 0. The monoisotopic (exact) mass is 180 g/mol. The summed E-state index contributed by atoms with van der Waals surface area (Å²) in [7, 11) is 0. The third-order valence-electron chi connectivity index (χ3n) is 2.93. The summed E-state index contributed by atoms with van der Waals surface area (Å²) in [4.78, 5) is 0. The van der Waals surface area contributed by atoms with Crippen LogP contribution in [0.25, 0.3) is 0 Å². The van der Waals surface area contributed by atoms with Gasteiger partial charge in [-0.15, -0.1) is 10.2 Å². The van der Waals surface area contributed by atoms with E-state index in [1.54, 1.807) is 0 Å². The van der Waals surface area contributed by atoms with E-state index >= 15 is 0 Å². The lowest BCUT2D eigenvalue weighted by atomic mass is 9.72. The molecule has 1 unspecified atom stereocenters. The molecule has 1 saturated carbocycles. The number of aromatic nitrogens is 4. The summed E-state index contributed by atoms with van der Waals surface area (Å²) in [6.45, 7) is 4.64. The molecule has 1 fully saturated rings. The van der Waals surface area contributed by atoms with Crippen molar-refractivity contribution in [2.45, 2.75) is 45.4 Å². The average molecular weight is 180 g/mol. The molecule has 0 bridgehead atoms. The number of hydrogen-bond acceptors (Lipinski definition) is 3. The molecule has 0 aromatic carbocycles. The Morgan fingerprint density at radius 1 is 1.46 bits per heavy atom. The Bertz CT molecular complexity index is 265. The van der Waals surface area contributed by atoms with Gasteiger partial charge in [-0.3, -0.25) is 0 Å². The van der Waals surface area contributed by atoms with Crippen LogP contribution in [0.3, 0.4) is 0 Å². The fourth-order valence-electron chi connectivity index (χ4n) is 2.26. The van der Waals surface area contributed by atoms with E-state index in [9.17, 15) is 0 Å². The van der Waals surface area contributed by atoms with Crippen molar-refractivity contribution in [1.82, 2.24) is 20.6 Å². The maximum absolute atomic E-state index is 4.06. The number of rotatable bonds is 1. The second-order valence-electron chi connectivity index (χ2n) is 4.73. The first-order chi connectivity index (χ1) is 6.17. The molecule has 13 heavy (non-hydrogen) atoms. The molecule has 1 N–H and O–H groups in total. The van der Waals surface area contributed by atoms with Crippen molar-refractivity contribution in [3.8, 4) is 0 Å². The Labute approximate surface area is 78.1 Å². The van der Waals surface area contributed by atoms with Crippen molar-refractivity contribution >= 4 is 0 Å². The highest BCUT2D eigenvalue weighted by molar-refractivity contribution is 4.96. The fraction of sp³-hybridized carbons (Fsp3) is 0.889. The highest BCUT2D eigenvalue weighted by Gasteiger charge is 2.30. The minimum atomic E-state index is 0.448. The molecule has 0 saturated heterocycles. The van der Waals surface area contributed by atoms with Crippen LogP contribution in [0.4, 0.5) is 0 Å². The molecule has 0 amide bonds. The quantitative estimate of drug-likeness (QED) is 0.718. The molecular weight excluding hydrogens is 164 g/mol. The van der Waals surface area contributed by atoms with E-state index in [-0.39, 0.29) is 0 Å². The highest BCUT2D eigenvalue weighted by atomic mass is 15.5. The minimum absolute atomic E-state index is 0.448. The van der Waals surface area contributed by atoms with Gasteiger partial charge < -0.3 is 0 Å². The van der Waals surface area contributed by atoms with E-state index < -0.39 is 0 Å². The Balaban J connectivity index is 2.09. The van der Waals surface area contributed by atoms with Crippen molar-refractivity contribution in [1.29, 1.82) is 0 Å². The van der Waals surface area contributed by atoms with Crippen LogP contribution < -0.4 is 0 Å². The van der Waals surface area contributed by atoms with E-state index in [1.807, 2.05) is 0 Å². The van der Waals surface area contributed by atoms with Crippen molar-refractivity contribution in [2.75, 3.05) is 0 Å². The summed E-state index contributed by atoms with van der Waals surface area (Å²) in [5, 5.41) is 14.2. The number of nitrogens with zero attached hydrogens (tertiary/aromatic N) is 3. The summed E-state index contributed by atoms with van der Waals surface area (Å²) >= 11 is 0. The van der Waals surface area contributed by atoms with Crippen LogP contribution in [0.2, 0.25) is 0 Å². The number of aromatic amines is 1. The van der Waals surface area contributed by atoms with Gasteiger partial charge in [-0.2, -0.15) is 5.21 Å². The van der Waals surface area contributed by atoms with Gasteiger partial charge in [0.1, 0.15) is 0 Å². The second-order valence-corrected chi connectivity index (χ2v) is 4.73. The molecule has 1 aliphatic rings. The molecular formula is C9H16N4. The predicted octanol–water partition coefficient (Wildman–Crippen LogP) is 1.88. The van der Waals surface area contributed by atoms with Gasteiger partial charge in [0.05, 0.1) is 0 Å². The first-order valence-corrected chi connectivity index (χ1v) is 4.91. The lowest BCUT2D eigenvalue weighted by Gasteiger charge is -2.33. The van der Waals surface area contributed by atoms with Gasteiger partial charge >= 0.3 is 0 Å². The molecule has 1 aromatic rings. The van der Waals surface area contributed by atoms with Gasteiger partial charge in [0, 0.05) is 5.92 Å². The lowest BCUT2D eigenvalue weighted by molar-refractivity contribution is 0.215. The molecule has 1 heterocycles. The lowest BCUT2D eigenvalue weighted by Crippen LogP contribution is -2.22. The van der Waals surface area contributed by atoms with Crippen LogP contribution in [0.15, 0.2) is 0 Å². The highest BCUT2D eigenvalue weighted by Crippen LogP contribution is 2.41. The maximum Gasteiger partial charge on any atom is 0.177 e. The van der Waals surface area contributed by atoms with Crippen molar-refractivity contribution in [3.63, 3.8) is 0 Å². The number of hydrogen-bond donors (Lipinski definition) is 1. The number of H-pyrrole nitrogens is 1. The molecule has 2 rings (SSSR count). The molecule has 1 atom stereocenters. The normalized spacial score (nSPS) is 27.4. The Hall–Kier alpha value is -0.930. The van der Waals surface area contributed by atoms with Crippen LogP contribution in [0.1, 0.15) is 51.3 Å². The van der Waals surface area contributed by atoms with E-state index in [2.05, 4.69) is 34.5 Å². The largest absolute Gasteiger partial charge is 0.177 e. The molecule has 4 nitrogen and oxygen atoms in total. The van der Waals surface area contributed by atoms with Gasteiger partial charge in [-0.1, -0.05) is 25.5 Å². The van der Waals surface area contributed by atoms with Crippen molar-refractivity contribution in [3.05, 3.63) is 5.82 Å². The van der Waals surface area contributed by atoms with Crippen LogP contribution in [-0.4, -0.2) is 20.6 Å². The molecule has 1 aromatic heterocycles. The molecule has 0 radical (unpaired) electrons. The molecule has 1 aliphatic carbocycles. The van der Waals surface area contributed by atoms with E-state index in [4.69, 9.17) is 0 Å².